The number of hydrogen-bond acceptors (Lipinski definition) is 3. The second-order valence-corrected chi connectivity index (χ2v) is 10.6. The summed E-state index contributed by atoms with van der Waals surface area (Å²) in [6.45, 7) is 0.750. The van der Waals surface area contributed by atoms with Crippen molar-refractivity contribution in [1.82, 2.24) is 0 Å². The molecule has 0 amide bonds. The molecule has 0 bridgehead atoms. The van der Waals surface area contributed by atoms with Gasteiger partial charge in [-0.2, -0.15) is 0 Å². The van der Waals surface area contributed by atoms with Gasteiger partial charge in [0.1, 0.15) is 0 Å². The van der Waals surface area contributed by atoms with E-state index in [1.54, 1.807) is 0 Å². The molecule has 1 aliphatic heterocycles. The Balaban J connectivity index is 2.30. The van der Waals surface area contributed by atoms with Gasteiger partial charge in [0.05, 0.1) is 0 Å². The third-order valence-electron chi connectivity index (χ3n) is 1.40. The van der Waals surface area contributed by atoms with Gasteiger partial charge in [0.15, 0.2) is 9.28 Å². The van der Waals surface area contributed by atoms with Crippen LogP contribution in [0.15, 0.2) is 0 Å². The van der Waals surface area contributed by atoms with Gasteiger partial charge in [0.2, 0.25) is 8.56 Å². The zero-order valence-electron chi connectivity index (χ0n) is 5.97. The van der Waals surface area contributed by atoms with Crippen molar-refractivity contribution in [2.45, 2.75) is 12.5 Å². The number of rotatable bonds is 2. The van der Waals surface area contributed by atoms with E-state index < -0.39 is 25.7 Å². The van der Waals surface area contributed by atoms with E-state index >= 15 is 0 Å². The first-order valence-electron chi connectivity index (χ1n) is 3.39. The molecule has 1 heterocycles. The van der Waals surface area contributed by atoms with Crippen LogP contribution in [0.5, 0.6) is 0 Å². The highest BCUT2D eigenvalue weighted by molar-refractivity contribution is 7.49. The summed E-state index contributed by atoms with van der Waals surface area (Å²) in [5.41, 5.74) is 0. The van der Waals surface area contributed by atoms with Crippen LogP contribution in [0.25, 0.3) is 0 Å². The van der Waals surface area contributed by atoms with Crippen molar-refractivity contribution in [2.24, 2.45) is 0 Å². The zero-order valence-corrected chi connectivity index (χ0v) is 9.44. The Labute approximate surface area is 68.4 Å². The van der Waals surface area contributed by atoms with Crippen molar-refractivity contribution in [1.29, 1.82) is 0 Å². The average Bonchev–Trinajstić information content (AvgIpc) is 1.85. The minimum absolute atomic E-state index is 0.733. The maximum Gasteiger partial charge on any atom is 0.459 e. The quantitative estimate of drug-likeness (QED) is 0.447. The van der Waals surface area contributed by atoms with Crippen molar-refractivity contribution in [2.75, 3.05) is 6.61 Å². The van der Waals surface area contributed by atoms with E-state index in [2.05, 4.69) is 4.21 Å². The summed E-state index contributed by atoms with van der Waals surface area (Å²) < 4.78 is 20.2. The molecule has 1 fully saturated rings. The standard InChI is InChI=1S/C3H11O5PSi2/c4-9(5,6)8-11-3-1-2-7-10-11/h11H,1-3,10H2,(H2,4,5,6). The highest BCUT2D eigenvalue weighted by Gasteiger charge is 2.26. The monoisotopic (exact) mass is 214 g/mol. The van der Waals surface area contributed by atoms with Crippen LogP contribution in [-0.4, -0.2) is 34.2 Å². The van der Waals surface area contributed by atoms with Gasteiger partial charge < -0.3 is 18.4 Å². The summed E-state index contributed by atoms with van der Waals surface area (Å²) >= 11 is 0. The van der Waals surface area contributed by atoms with Crippen LogP contribution in [0.2, 0.25) is 6.04 Å². The summed E-state index contributed by atoms with van der Waals surface area (Å²) in [4.78, 5) is 16.9. The fraction of sp³-hybridized carbons (Fsp3) is 1.00. The van der Waals surface area contributed by atoms with E-state index in [1.165, 1.54) is 0 Å². The second kappa shape index (κ2) is 3.95. The molecule has 11 heavy (non-hydrogen) atoms. The van der Waals surface area contributed by atoms with Crippen LogP contribution in [-0.2, 0) is 13.2 Å². The molecule has 1 aliphatic rings. The maximum atomic E-state index is 10.4. The third-order valence-corrected chi connectivity index (χ3v) is 10.0. The summed E-state index contributed by atoms with van der Waals surface area (Å²) in [7, 11) is -6.55. The lowest BCUT2D eigenvalue weighted by molar-refractivity contribution is 0.276. The topological polar surface area (TPSA) is 76.0 Å². The molecule has 1 unspecified atom stereocenters. The van der Waals surface area contributed by atoms with Gasteiger partial charge in [0, 0.05) is 6.61 Å². The molecule has 0 aliphatic carbocycles. The van der Waals surface area contributed by atoms with E-state index in [0.717, 1.165) is 19.1 Å². The molecule has 0 aromatic carbocycles. The van der Waals surface area contributed by atoms with Crippen molar-refractivity contribution in [3.8, 4) is 0 Å². The largest absolute Gasteiger partial charge is 0.459 e. The molecule has 2 N–H and O–H groups in total. The van der Waals surface area contributed by atoms with Crippen LogP contribution in [0.1, 0.15) is 6.42 Å². The Kier molecular flexibility index (Phi) is 3.44. The lowest BCUT2D eigenvalue weighted by atomic mass is 10.5. The third kappa shape index (κ3) is 4.17. The fourth-order valence-corrected chi connectivity index (χ4v) is 9.58. The number of phosphoric acid groups is 1. The first kappa shape index (κ1) is 9.59. The van der Waals surface area contributed by atoms with E-state index in [-0.39, 0.29) is 0 Å². The van der Waals surface area contributed by atoms with Crippen molar-refractivity contribution >= 4 is 25.7 Å². The Morgan fingerprint density at radius 1 is 1.64 bits per heavy atom. The minimum atomic E-state index is -4.22. The Morgan fingerprint density at radius 3 is 2.82 bits per heavy atom. The summed E-state index contributed by atoms with van der Waals surface area (Å²) in [5.74, 6) is 0. The van der Waals surface area contributed by atoms with E-state index in [0.29, 0.717) is 0 Å². The molecule has 1 atom stereocenters. The van der Waals surface area contributed by atoms with E-state index in [1.807, 2.05) is 0 Å². The molecule has 0 saturated carbocycles. The van der Waals surface area contributed by atoms with Gasteiger partial charge >= 0.3 is 7.82 Å². The summed E-state index contributed by atoms with van der Waals surface area (Å²) in [5, 5.41) is 0. The first-order valence-corrected chi connectivity index (χ1v) is 10.1. The SMILES string of the molecule is O=P(O)(O)O[SiH]1CCCO[SiH2]1. The molecule has 5 nitrogen and oxygen atoms in total. The van der Waals surface area contributed by atoms with Gasteiger partial charge in [-0.15, -0.1) is 0 Å². The molecule has 0 aromatic rings. The Hall–Kier alpha value is 0.504. The van der Waals surface area contributed by atoms with Gasteiger partial charge in [-0.25, -0.2) is 4.57 Å². The van der Waals surface area contributed by atoms with Gasteiger partial charge in [-0.1, -0.05) is 0 Å². The van der Waals surface area contributed by atoms with Crippen molar-refractivity contribution < 1.29 is 23.0 Å². The van der Waals surface area contributed by atoms with Crippen LogP contribution in [0.4, 0.5) is 0 Å². The van der Waals surface area contributed by atoms with Crippen molar-refractivity contribution in [3.05, 3.63) is 0 Å². The van der Waals surface area contributed by atoms with E-state index in [4.69, 9.17) is 14.2 Å². The molecule has 1 rings (SSSR count). The van der Waals surface area contributed by atoms with Gasteiger partial charge in [-0.05, 0) is 12.5 Å². The molecule has 0 spiro atoms. The minimum Gasteiger partial charge on any atom is -0.425 e. The Bertz CT molecular complexity index is 163. The molecule has 8 heteroatoms. The highest BCUT2D eigenvalue weighted by atomic mass is 31.2. The predicted molar refractivity (Wildman–Crippen MR) is 44.2 cm³/mol. The summed E-state index contributed by atoms with van der Waals surface area (Å²) in [6.07, 6.45) is 0.893. The molecular formula is C3H11O5PSi2. The molecule has 66 valence electrons. The molecule has 0 aromatic heterocycles. The zero-order chi connectivity index (χ0) is 8.32. The van der Waals surface area contributed by atoms with Crippen LogP contribution in [0.3, 0.4) is 0 Å². The highest BCUT2D eigenvalue weighted by Crippen LogP contribution is 2.37. The van der Waals surface area contributed by atoms with Gasteiger partial charge in [0.25, 0.3) is 0 Å². The lowest BCUT2D eigenvalue weighted by Crippen LogP contribution is -2.32. The first-order chi connectivity index (χ1) is 5.08. The predicted octanol–water partition coefficient (Wildman–Crippen LogP) is -1.18. The van der Waals surface area contributed by atoms with Crippen LogP contribution < -0.4 is 0 Å². The molecule has 0 radical (unpaired) electrons. The smallest absolute Gasteiger partial charge is 0.425 e. The second-order valence-electron chi connectivity index (χ2n) is 2.44. The lowest BCUT2D eigenvalue weighted by Gasteiger charge is -2.20. The number of hydrogen-bond donors (Lipinski definition) is 2. The average molecular weight is 214 g/mol. The Morgan fingerprint density at radius 2 is 2.36 bits per heavy atom. The molecule has 1 saturated heterocycles. The van der Waals surface area contributed by atoms with Crippen LogP contribution >= 0.6 is 7.82 Å². The van der Waals surface area contributed by atoms with E-state index in [9.17, 15) is 4.57 Å². The van der Waals surface area contributed by atoms with Crippen LogP contribution in [0, 0.1) is 0 Å². The maximum absolute atomic E-state index is 10.4. The van der Waals surface area contributed by atoms with Gasteiger partial charge in [-0.3, -0.25) is 0 Å². The molecular weight excluding hydrogens is 203 g/mol. The summed E-state index contributed by atoms with van der Waals surface area (Å²) in [6, 6.07) is 0.858. The fourth-order valence-electron chi connectivity index (χ4n) is 0.989. The van der Waals surface area contributed by atoms with Crippen molar-refractivity contribution in [3.63, 3.8) is 0 Å². The normalized spacial score (nSPS) is 29.1.